The lowest BCUT2D eigenvalue weighted by Gasteiger charge is -2.19. The Hall–Kier alpha value is -2.97. The predicted molar refractivity (Wildman–Crippen MR) is 94.5 cm³/mol. The molecule has 0 unspecified atom stereocenters. The molecule has 28 heavy (non-hydrogen) atoms. The van der Waals surface area contributed by atoms with Gasteiger partial charge in [0.15, 0.2) is 0 Å². The highest BCUT2D eigenvalue weighted by atomic mass is 19.4. The molecule has 1 N–H and O–H groups in total. The van der Waals surface area contributed by atoms with Crippen molar-refractivity contribution in [2.75, 3.05) is 26.2 Å². The van der Waals surface area contributed by atoms with Gasteiger partial charge in [-0.2, -0.15) is 0 Å². The number of ether oxygens (including phenoxy) is 1. The van der Waals surface area contributed by atoms with Gasteiger partial charge >= 0.3 is 12.5 Å². The van der Waals surface area contributed by atoms with E-state index >= 15 is 0 Å². The van der Waals surface area contributed by atoms with Crippen LogP contribution in [-0.2, 0) is 4.79 Å². The van der Waals surface area contributed by atoms with E-state index in [0.29, 0.717) is 38.2 Å². The number of rotatable bonds is 3. The molecule has 1 atom stereocenters. The van der Waals surface area contributed by atoms with Gasteiger partial charge < -0.3 is 19.6 Å². The number of nitrogens with zero attached hydrogens (tertiary/aromatic N) is 2. The molecule has 0 aromatic heterocycles. The van der Waals surface area contributed by atoms with Gasteiger partial charge in [0.05, 0.1) is 0 Å². The number of amides is 2. The van der Waals surface area contributed by atoms with Gasteiger partial charge in [0.1, 0.15) is 5.75 Å². The van der Waals surface area contributed by atoms with Crippen LogP contribution in [0.15, 0.2) is 42.0 Å². The van der Waals surface area contributed by atoms with Crippen LogP contribution in [0.3, 0.4) is 0 Å². The van der Waals surface area contributed by atoms with Crippen LogP contribution in [0.1, 0.15) is 12.0 Å². The van der Waals surface area contributed by atoms with Crippen LogP contribution in [0.5, 0.6) is 5.75 Å². The van der Waals surface area contributed by atoms with Crippen molar-refractivity contribution in [2.45, 2.75) is 12.8 Å². The van der Waals surface area contributed by atoms with E-state index in [-0.39, 0.29) is 17.6 Å². The average Bonchev–Trinajstić information content (AvgIpc) is 2.92. The number of carboxylic acid groups (broad SMARTS) is 1. The first kappa shape index (κ1) is 19.8. The maximum atomic E-state index is 12.4. The average molecular weight is 396 g/mol. The van der Waals surface area contributed by atoms with Crippen LogP contribution >= 0.6 is 0 Å². The van der Waals surface area contributed by atoms with E-state index in [1.54, 1.807) is 11.0 Å². The molecular weight excluding hydrogens is 377 g/mol. The lowest BCUT2D eigenvalue weighted by molar-refractivity contribution is -0.274. The summed E-state index contributed by atoms with van der Waals surface area (Å²) in [5, 5.41) is 9.08. The van der Waals surface area contributed by atoms with Crippen LogP contribution in [0, 0.1) is 5.92 Å². The largest absolute Gasteiger partial charge is 0.573 e. The van der Waals surface area contributed by atoms with Crippen molar-refractivity contribution >= 4 is 18.1 Å². The number of fused-ring (bicyclic) bond motifs is 1. The second kappa shape index (κ2) is 7.95. The third-order valence-corrected chi connectivity index (χ3v) is 4.75. The van der Waals surface area contributed by atoms with Gasteiger partial charge in [-0.25, -0.2) is 4.79 Å². The first-order valence-corrected chi connectivity index (χ1v) is 8.71. The molecule has 2 heterocycles. The Morgan fingerprint density at radius 2 is 2.04 bits per heavy atom. The summed E-state index contributed by atoms with van der Waals surface area (Å²) in [7, 11) is 0. The second-order valence-electron chi connectivity index (χ2n) is 6.67. The van der Waals surface area contributed by atoms with E-state index in [1.165, 1.54) is 35.3 Å². The highest BCUT2D eigenvalue weighted by Gasteiger charge is 2.32. The summed E-state index contributed by atoms with van der Waals surface area (Å²) in [4.78, 5) is 26.5. The van der Waals surface area contributed by atoms with E-state index in [2.05, 4.69) is 4.74 Å². The van der Waals surface area contributed by atoms with Gasteiger partial charge in [0.2, 0.25) is 5.91 Å². The Balaban J connectivity index is 1.61. The Kier molecular flexibility index (Phi) is 5.62. The molecular formula is C19H19F3N2O4. The van der Waals surface area contributed by atoms with Crippen molar-refractivity contribution in [3.05, 3.63) is 47.6 Å². The predicted octanol–water partition coefficient (Wildman–Crippen LogP) is 3.37. The molecule has 0 aliphatic carbocycles. The van der Waals surface area contributed by atoms with E-state index in [1.807, 2.05) is 6.08 Å². The third kappa shape index (κ3) is 5.05. The summed E-state index contributed by atoms with van der Waals surface area (Å²) < 4.78 is 40.7. The second-order valence-corrected chi connectivity index (χ2v) is 6.67. The molecule has 1 aromatic carbocycles. The number of carbonyl (C=O) groups excluding carboxylic acids is 1. The van der Waals surface area contributed by atoms with Crippen LogP contribution in [0.2, 0.25) is 0 Å². The maximum absolute atomic E-state index is 12.4. The molecule has 9 heteroatoms. The molecule has 0 saturated carbocycles. The first-order valence-electron chi connectivity index (χ1n) is 8.71. The van der Waals surface area contributed by atoms with Crippen molar-refractivity contribution < 1.29 is 32.6 Å². The summed E-state index contributed by atoms with van der Waals surface area (Å²) in [6.07, 6.45) is -0.395. The van der Waals surface area contributed by atoms with Crippen LogP contribution < -0.4 is 4.74 Å². The van der Waals surface area contributed by atoms with Gasteiger partial charge in [0, 0.05) is 38.2 Å². The Morgan fingerprint density at radius 1 is 1.25 bits per heavy atom. The third-order valence-electron chi connectivity index (χ3n) is 4.75. The van der Waals surface area contributed by atoms with Crippen molar-refractivity contribution in [1.82, 2.24) is 9.80 Å². The fourth-order valence-corrected chi connectivity index (χ4v) is 3.37. The van der Waals surface area contributed by atoms with Gasteiger partial charge in [0.25, 0.3) is 0 Å². The molecule has 150 valence electrons. The van der Waals surface area contributed by atoms with Gasteiger partial charge in [-0.3, -0.25) is 4.79 Å². The minimum Gasteiger partial charge on any atom is -0.465 e. The van der Waals surface area contributed by atoms with Gasteiger partial charge in [-0.15, -0.1) is 13.2 Å². The number of alkyl halides is 3. The molecule has 1 saturated heterocycles. The maximum Gasteiger partial charge on any atom is 0.573 e. The summed E-state index contributed by atoms with van der Waals surface area (Å²) in [5.74, 6) is -0.486. The highest BCUT2D eigenvalue weighted by Crippen LogP contribution is 2.28. The highest BCUT2D eigenvalue weighted by molar-refractivity contribution is 5.92. The molecule has 6 nitrogen and oxygen atoms in total. The molecule has 0 radical (unpaired) electrons. The number of carbonyl (C=O) groups is 2. The summed E-state index contributed by atoms with van der Waals surface area (Å²) >= 11 is 0. The van der Waals surface area contributed by atoms with E-state index in [0.717, 1.165) is 5.57 Å². The quantitative estimate of drug-likeness (QED) is 0.628. The molecule has 2 aliphatic heterocycles. The standard InChI is InChI=1S/C19H19F3N2O4/c20-19(21,22)28-16-3-1-2-13(10-16)4-5-17(25)23-8-6-14-11-24(18(26)27)12-15(14)7-9-23/h1-6,10,15H,7-9,11-12H2,(H,26,27)/t15-/m1/s1. The Labute approximate surface area is 159 Å². The van der Waals surface area contributed by atoms with E-state index in [9.17, 15) is 22.8 Å². The summed E-state index contributed by atoms with van der Waals surface area (Å²) in [6, 6.07) is 5.37. The number of halogens is 3. The zero-order valence-corrected chi connectivity index (χ0v) is 14.9. The minimum absolute atomic E-state index is 0.120. The molecule has 0 bridgehead atoms. The lowest BCUT2D eigenvalue weighted by Crippen LogP contribution is -2.32. The molecule has 1 aromatic rings. The fourth-order valence-electron chi connectivity index (χ4n) is 3.37. The fraction of sp³-hybridized carbons (Fsp3) is 0.368. The van der Waals surface area contributed by atoms with Crippen molar-refractivity contribution in [2.24, 2.45) is 5.92 Å². The number of hydrogen-bond donors (Lipinski definition) is 1. The van der Waals surface area contributed by atoms with Crippen molar-refractivity contribution in [3.8, 4) is 5.75 Å². The van der Waals surface area contributed by atoms with Gasteiger partial charge in [-0.1, -0.05) is 18.2 Å². The first-order chi connectivity index (χ1) is 13.2. The summed E-state index contributed by atoms with van der Waals surface area (Å²) in [6.45, 7) is 1.66. The number of hydrogen-bond acceptors (Lipinski definition) is 3. The van der Waals surface area contributed by atoms with Crippen LogP contribution in [0.25, 0.3) is 6.08 Å². The minimum atomic E-state index is -4.77. The number of benzene rings is 1. The van der Waals surface area contributed by atoms with Gasteiger partial charge in [-0.05, 0) is 35.8 Å². The zero-order valence-electron chi connectivity index (χ0n) is 14.9. The monoisotopic (exact) mass is 396 g/mol. The number of likely N-dealkylation sites (tertiary alicyclic amines) is 1. The van der Waals surface area contributed by atoms with Crippen molar-refractivity contribution in [1.29, 1.82) is 0 Å². The summed E-state index contributed by atoms with van der Waals surface area (Å²) in [5.41, 5.74) is 1.44. The van der Waals surface area contributed by atoms with Crippen LogP contribution in [0.4, 0.5) is 18.0 Å². The normalized spacial score (nSPS) is 20.0. The molecule has 0 spiro atoms. The van der Waals surface area contributed by atoms with Crippen molar-refractivity contribution in [3.63, 3.8) is 0 Å². The zero-order chi connectivity index (χ0) is 20.3. The topological polar surface area (TPSA) is 70.1 Å². The Morgan fingerprint density at radius 3 is 2.75 bits per heavy atom. The molecule has 1 fully saturated rings. The molecule has 2 amide bonds. The van der Waals surface area contributed by atoms with E-state index in [4.69, 9.17) is 5.11 Å². The lowest BCUT2D eigenvalue weighted by atomic mass is 10.00. The molecule has 2 aliphatic rings. The smallest absolute Gasteiger partial charge is 0.465 e. The SMILES string of the molecule is O=C(O)N1CC2=CCN(C(=O)C=Cc3cccc(OC(F)(F)F)c3)CC[C@@H]2C1. The molecule has 3 rings (SSSR count). The Bertz CT molecular complexity index is 820. The van der Waals surface area contributed by atoms with Crippen LogP contribution in [-0.4, -0.2) is 59.4 Å². The van der Waals surface area contributed by atoms with E-state index < -0.39 is 12.5 Å².